The number of hydrogen-bond acceptors (Lipinski definition) is 3. The molecule has 39 heavy (non-hydrogen) atoms. The molecule has 206 valence electrons. The van der Waals surface area contributed by atoms with E-state index in [1.54, 1.807) is 0 Å². The zero-order valence-electron chi connectivity index (χ0n) is 22.7. The highest BCUT2D eigenvalue weighted by molar-refractivity contribution is 5.75. The fourth-order valence-electron chi connectivity index (χ4n) is 7.62. The Morgan fingerprint density at radius 2 is 1.79 bits per heavy atom. The van der Waals surface area contributed by atoms with Crippen molar-refractivity contribution in [3.8, 4) is 0 Å². The summed E-state index contributed by atoms with van der Waals surface area (Å²) >= 11 is 0. The summed E-state index contributed by atoms with van der Waals surface area (Å²) in [6, 6.07) is 15.6. The number of carboxylic acids is 1. The van der Waals surface area contributed by atoms with E-state index >= 15 is 0 Å². The van der Waals surface area contributed by atoms with Gasteiger partial charge in [-0.05, 0) is 74.5 Å². The summed E-state index contributed by atoms with van der Waals surface area (Å²) in [6.07, 6.45) is 15.2. The number of carbonyl (C=O) groups is 1. The normalized spacial score (nSPS) is 25.7. The third kappa shape index (κ3) is 5.67. The highest BCUT2D eigenvalue weighted by atomic mass is 19.1. The number of benzene rings is 2. The first-order valence-corrected chi connectivity index (χ1v) is 14.9. The number of hydrogen-bond donors (Lipinski definition) is 1. The van der Waals surface area contributed by atoms with Crippen LogP contribution < -0.4 is 0 Å². The summed E-state index contributed by atoms with van der Waals surface area (Å²) in [5, 5.41) is 10.3. The highest BCUT2D eigenvalue weighted by Crippen LogP contribution is 2.41. The minimum atomic E-state index is -0.638. The molecule has 6 heteroatoms. The van der Waals surface area contributed by atoms with E-state index in [-0.39, 0.29) is 17.8 Å². The Morgan fingerprint density at radius 3 is 2.54 bits per heavy atom. The Kier molecular flexibility index (Phi) is 7.83. The number of allylic oxidation sites excluding steroid dienone is 2. The summed E-state index contributed by atoms with van der Waals surface area (Å²) in [6.45, 7) is 1.69. The average Bonchev–Trinajstić information content (AvgIpc) is 3.57. The maximum atomic E-state index is 13.6. The first-order chi connectivity index (χ1) is 19.1. The molecule has 2 aliphatic carbocycles. The van der Waals surface area contributed by atoms with Gasteiger partial charge in [0.2, 0.25) is 0 Å². The van der Waals surface area contributed by atoms with Crippen LogP contribution in [0.3, 0.4) is 0 Å². The molecule has 3 atom stereocenters. The Bertz CT molecular complexity index is 1300. The van der Waals surface area contributed by atoms with Gasteiger partial charge in [-0.1, -0.05) is 61.2 Å². The van der Waals surface area contributed by atoms with Gasteiger partial charge in [-0.25, -0.2) is 9.37 Å². The minimum absolute atomic E-state index is 0.241. The third-order valence-corrected chi connectivity index (χ3v) is 9.68. The van der Waals surface area contributed by atoms with E-state index in [4.69, 9.17) is 0 Å². The molecule has 1 aliphatic heterocycles. The van der Waals surface area contributed by atoms with Crippen molar-refractivity contribution < 1.29 is 14.3 Å². The smallest absolute Gasteiger partial charge is 0.321 e. The lowest BCUT2D eigenvalue weighted by Crippen LogP contribution is -2.46. The molecular formula is C33H40FN3O2. The van der Waals surface area contributed by atoms with Gasteiger partial charge in [0.1, 0.15) is 11.9 Å². The van der Waals surface area contributed by atoms with Gasteiger partial charge in [0.05, 0.1) is 17.4 Å². The Hall–Kier alpha value is -2.99. The van der Waals surface area contributed by atoms with Crippen molar-refractivity contribution in [2.24, 2.45) is 11.8 Å². The van der Waals surface area contributed by atoms with E-state index in [0.717, 1.165) is 81.9 Å². The van der Waals surface area contributed by atoms with E-state index in [1.807, 2.05) is 12.4 Å². The van der Waals surface area contributed by atoms with Crippen LogP contribution in [0.15, 0.2) is 66.5 Å². The topological polar surface area (TPSA) is 58.4 Å². The zero-order chi connectivity index (χ0) is 26.8. The standard InChI is InChI=1S/C33H40FN3O2/c34-27-15-18-31-30(19-27)35-22-37(31)28-16-12-23(13-17-28)11-14-26-20-36(21-29(26)24-7-3-1-4-8-24)32(33(38)39)25-9-5-2-6-10-25/h1,3-4,7-8,11,15,18-19,22,25-26,28-29,32H,2,5-6,9-10,12-14,16-17,20-21H2,(H,38,39)/t26-,28?,29+,32+/m0/s1. The second-order valence-electron chi connectivity index (χ2n) is 12.0. The zero-order valence-corrected chi connectivity index (χ0v) is 22.7. The maximum absolute atomic E-state index is 13.6. The molecule has 0 spiro atoms. The Morgan fingerprint density at radius 1 is 1.03 bits per heavy atom. The molecule has 1 aromatic heterocycles. The van der Waals surface area contributed by atoms with Crippen LogP contribution in [0.2, 0.25) is 0 Å². The fourth-order valence-corrected chi connectivity index (χ4v) is 7.62. The number of aromatic nitrogens is 2. The van der Waals surface area contributed by atoms with Crippen LogP contribution in [-0.4, -0.2) is 44.7 Å². The number of rotatable bonds is 7. The van der Waals surface area contributed by atoms with Gasteiger partial charge in [0.25, 0.3) is 0 Å². The molecule has 2 heterocycles. The predicted octanol–water partition coefficient (Wildman–Crippen LogP) is 7.36. The molecule has 3 fully saturated rings. The SMILES string of the molecule is O=C(O)[C@@H](C1CCCCC1)N1C[C@H](CC=C2CCC(n3cnc4cc(F)ccc43)CC2)[C@@H](c2ccccc2)C1. The van der Waals surface area contributed by atoms with Gasteiger partial charge in [0.15, 0.2) is 0 Å². The van der Waals surface area contributed by atoms with Crippen molar-refractivity contribution in [1.29, 1.82) is 0 Å². The Balaban J connectivity index is 1.14. The van der Waals surface area contributed by atoms with E-state index < -0.39 is 5.97 Å². The summed E-state index contributed by atoms with van der Waals surface area (Å²) in [7, 11) is 0. The van der Waals surface area contributed by atoms with E-state index in [0.29, 0.717) is 17.9 Å². The first-order valence-electron chi connectivity index (χ1n) is 14.9. The first kappa shape index (κ1) is 26.2. The molecule has 1 saturated heterocycles. The molecule has 5 nitrogen and oxygen atoms in total. The van der Waals surface area contributed by atoms with Crippen molar-refractivity contribution in [1.82, 2.24) is 14.5 Å². The number of nitrogens with zero attached hydrogens (tertiary/aromatic N) is 3. The lowest BCUT2D eigenvalue weighted by molar-refractivity contribution is -0.145. The fraction of sp³-hybridized carbons (Fsp3) is 0.515. The van der Waals surface area contributed by atoms with Crippen molar-refractivity contribution in [3.63, 3.8) is 0 Å². The lowest BCUT2D eigenvalue weighted by Gasteiger charge is -2.34. The van der Waals surface area contributed by atoms with Crippen molar-refractivity contribution in [2.45, 2.75) is 82.2 Å². The van der Waals surface area contributed by atoms with Crippen LogP contribution in [-0.2, 0) is 4.79 Å². The van der Waals surface area contributed by atoms with Crippen LogP contribution in [0.1, 0.15) is 81.7 Å². The van der Waals surface area contributed by atoms with Gasteiger partial charge >= 0.3 is 5.97 Å². The second-order valence-corrected chi connectivity index (χ2v) is 12.0. The molecule has 0 unspecified atom stereocenters. The second kappa shape index (κ2) is 11.6. The lowest BCUT2D eigenvalue weighted by atomic mass is 9.83. The summed E-state index contributed by atoms with van der Waals surface area (Å²) in [4.78, 5) is 19.2. The Labute approximate surface area is 230 Å². The van der Waals surface area contributed by atoms with Crippen LogP contribution >= 0.6 is 0 Å². The van der Waals surface area contributed by atoms with Crippen LogP contribution in [0.5, 0.6) is 0 Å². The van der Waals surface area contributed by atoms with Gasteiger partial charge in [0, 0.05) is 31.1 Å². The van der Waals surface area contributed by atoms with E-state index in [1.165, 1.54) is 29.7 Å². The quantitative estimate of drug-likeness (QED) is 0.325. The molecule has 2 aromatic carbocycles. The van der Waals surface area contributed by atoms with Gasteiger partial charge in [-0.15, -0.1) is 0 Å². The van der Waals surface area contributed by atoms with Gasteiger partial charge < -0.3 is 9.67 Å². The molecule has 3 aliphatic rings. The largest absolute Gasteiger partial charge is 0.480 e. The monoisotopic (exact) mass is 529 g/mol. The molecule has 2 saturated carbocycles. The summed E-state index contributed by atoms with van der Waals surface area (Å²) < 4.78 is 15.8. The summed E-state index contributed by atoms with van der Waals surface area (Å²) in [5.74, 6) is 0.184. The molecule has 1 N–H and O–H groups in total. The van der Waals surface area contributed by atoms with Crippen molar-refractivity contribution >= 4 is 17.0 Å². The number of imidazole rings is 1. The van der Waals surface area contributed by atoms with Crippen LogP contribution in [0, 0.1) is 17.7 Å². The maximum Gasteiger partial charge on any atom is 0.321 e. The van der Waals surface area contributed by atoms with Gasteiger partial charge in [-0.3, -0.25) is 9.69 Å². The molecule has 0 amide bonds. The number of carboxylic acid groups (broad SMARTS) is 1. The molecular weight excluding hydrogens is 489 g/mol. The predicted molar refractivity (Wildman–Crippen MR) is 152 cm³/mol. The highest BCUT2D eigenvalue weighted by Gasteiger charge is 2.42. The number of aliphatic carboxylic acids is 1. The number of halogens is 1. The number of fused-ring (bicyclic) bond motifs is 1. The van der Waals surface area contributed by atoms with E-state index in [9.17, 15) is 14.3 Å². The van der Waals surface area contributed by atoms with Crippen molar-refractivity contribution in [3.05, 3.63) is 77.9 Å². The average molecular weight is 530 g/mol. The summed E-state index contributed by atoms with van der Waals surface area (Å²) in [5.41, 5.74) is 4.59. The molecule has 3 aromatic rings. The van der Waals surface area contributed by atoms with Crippen molar-refractivity contribution in [2.75, 3.05) is 13.1 Å². The molecule has 0 radical (unpaired) electrons. The minimum Gasteiger partial charge on any atom is -0.480 e. The van der Waals surface area contributed by atoms with E-state index in [2.05, 4.69) is 50.9 Å². The van der Waals surface area contributed by atoms with Gasteiger partial charge in [-0.2, -0.15) is 0 Å². The van der Waals surface area contributed by atoms with Crippen LogP contribution in [0.25, 0.3) is 11.0 Å². The van der Waals surface area contributed by atoms with Crippen LogP contribution in [0.4, 0.5) is 4.39 Å². The number of likely N-dealkylation sites (tertiary alicyclic amines) is 1. The molecule has 0 bridgehead atoms. The molecule has 6 rings (SSSR count). The third-order valence-electron chi connectivity index (χ3n) is 9.68.